The second kappa shape index (κ2) is 5.89. The summed E-state index contributed by atoms with van der Waals surface area (Å²) in [6.45, 7) is 11.1. The van der Waals surface area contributed by atoms with Gasteiger partial charge in [0.2, 0.25) is 0 Å². The van der Waals surface area contributed by atoms with Crippen molar-refractivity contribution in [2.24, 2.45) is 5.92 Å². The minimum Gasteiger partial charge on any atom is -0.504 e. The zero-order valence-corrected chi connectivity index (χ0v) is 15.4. The number of ether oxygens (including phenoxy) is 1. The summed E-state index contributed by atoms with van der Waals surface area (Å²) in [5.41, 5.74) is 6.54. The van der Waals surface area contributed by atoms with Crippen LogP contribution in [0.15, 0.2) is 11.6 Å². The van der Waals surface area contributed by atoms with Crippen LogP contribution in [0.4, 0.5) is 0 Å². The number of hydrogen-bond donors (Lipinski definition) is 1. The fraction of sp³-hybridized carbons (Fsp3) is 0.619. The van der Waals surface area contributed by atoms with Crippen molar-refractivity contribution >= 4 is 0 Å². The highest BCUT2D eigenvalue weighted by molar-refractivity contribution is 5.64. The summed E-state index contributed by atoms with van der Waals surface area (Å²) in [6, 6.07) is 0. The summed E-state index contributed by atoms with van der Waals surface area (Å²) < 4.78 is 5.65. The largest absolute Gasteiger partial charge is 0.504 e. The predicted octanol–water partition coefficient (Wildman–Crippen LogP) is 5.78. The van der Waals surface area contributed by atoms with Gasteiger partial charge in [-0.05, 0) is 74.5 Å². The van der Waals surface area contributed by atoms with Gasteiger partial charge in [-0.3, -0.25) is 0 Å². The maximum atomic E-state index is 10.8. The Morgan fingerprint density at radius 3 is 2.43 bits per heavy atom. The maximum absolute atomic E-state index is 10.8. The van der Waals surface area contributed by atoms with E-state index in [0.717, 1.165) is 11.3 Å². The normalized spacial score (nSPS) is 29.0. The highest BCUT2D eigenvalue weighted by Crippen LogP contribution is 2.57. The average Bonchev–Trinajstić information content (AvgIpc) is 2.48. The van der Waals surface area contributed by atoms with Crippen LogP contribution in [-0.4, -0.2) is 12.2 Å². The lowest BCUT2D eigenvalue weighted by Gasteiger charge is -2.43. The molecule has 3 rings (SSSR count). The molecule has 126 valence electrons. The predicted molar refractivity (Wildman–Crippen MR) is 95.7 cm³/mol. The van der Waals surface area contributed by atoms with E-state index < -0.39 is 0 Å². The molecule has 1 N–H and O–H groups in total. The van der Waals surface area contributed by atoms with Crippen LogP contribution in [-0.2, 0) is 0 Å². The van der Waals surface area contributed by atoms with Gasteiger partial charge in [0.05, 0.1) is 7.11 Å². The highest BCUT2D eigenvalue weighted by atomic mass is 16.5. The van der Waals surface area contributed by atoms with Crippen molar-refractivity contribution in [1.82, 2.24) is 0 Å². The van der Waals surface area contributed by atoms with Gasteiger partial charge >= 0.3 is 0 Å². The first-order chi connectivity index (χ1) is 10.9. The number of phenolic OH excluding ortho intramolecular Hbond substituents is 1. The van der Waals surface area contributed by atoms with Crippen molar-refractivity contribution in [3.05, 3.63) is 33.9 Å². The standard InChI is InChI=1S/C21H30O2/c1-11(2)9-15-10-13(4)16-8-7-12(3)17-19(16)18(15)14(5)20(22)21(17)23-6/h9,12-13,15-16,22H,7-8,10H2,1-6H3/t12-,13-,15-,16+/m0/s1. The van der Waals surface area contributed by atoms with E-state index in [1.165, 1.54) is 41.5 Å². The van der Waals surface area contributed by atoms with Gasteiger partial charge in [0.25, 0.3) is 0 Å². The van der Waals surface area contributed by atoms with Gasteiger partial charge in [-0.15, -0.1) is 0 Å². The van der Waals surface area contributed by atoms with Crippen LogP contribution in [0.3, 0.4) is 0 Å². The second-order valence-corrected chi connectivity index (χ2v) is 7.90. The first-order valence-corrected chi connectivity index (χ1v) is 8.95. The van der Waals surface area contributed by atoms with Crippen molar-refractivity contribution in [1.29, 1.82) is 0 Å². The number of hydrogen-bond acceptors (Lipinski definition) is 2. The second-order valence-electron chi connectivity index (χ2n) is 7.90. The number of phenols is 1. The summed E-state index contributed by atoms with van der Waals surface area (Å²) in [5.74, 6) is 3.26. The summed E-state index contributed by atoms with van der Waals surface area (Å²) in [6.07, 6.45) is 6.02. The van der Waals surface area contributed by atoms with Gasteiger partial charge in [0, 0.05) is 11.5 Å². The number of aromatic hydroxyl groups is 1. The SMILES string of the molecule is COc1c(O)c(C)c2c3c1[C@@H](C)CC[C@@H]3[C@@H](C)C[C@@H]2C=C(C)C. The van der Waals surface area contributed by atoms with Crippen molar-refractivity contribution in [2.45, 2.75) is 71.6 Å². The van der Waals surface area contributed by atoms with Crippen LogP contribution in [0.25, 0.3) is 0 Å². The van der Waals surface area contributed by atoms with E-state index >= 15 is 0 Å². The van der Waals surface area contributed by atoms with Crippen LogP contribution in [0.1, 0.15) is 87.0 Å². The van der Waals surface area contributed by atoms with Gasteiger partial charge in [-0.1, -0.05) is 25.5 Å². The molecular weight excluding hydrogens is 284 g/mol. The molecule has 1 aromatic rings. The molecule has 0 fully saturated rings. The molecule has 0 bridgehead atoms. The maximum Gasteiger partial charge on any atom is 0.164 e. The highest BCUT2D eigenvalue weighted by Gasteiger charge is 2.41. The summed E-state index contributed by atoms with van der Waals surface area (Å²) >= 11 is 0. The molecular formula is C21H30O2. The summed E-state index contributed by atoms with van der Waals surface area (Å²) in [7, 11) is 1.69. The first kappa shape index (κ1) is 16.4. The summed E-state index contributed by atoms with van der Waals surface area (Å²) in [5, 5.41) is 10.8. The molecule has 4 atom stereocenters. The van der Waals surface area contributed by atoms with Crippen LogP contribution >= 0.6 is 0 Å². The Kier molecular flexibility index (Phi) is 4.20. The molecule has 0 unspecified atom stereocenters. The van der Waals surface area contributed by atoms with E-state index in [1.807, 2.05) is 0 Å². The van der Waals surface area contributed by atoms with Gasteiger partial charge in [-0.2, -0.15) is 0 Å². The Bertz CT molecular complexity index is 653. The Balaban J connectivity index is 2.35. The molecule has 0 saturated carbocycles. The Morgan fingerprint density at radius 1 is 1.13 bits per heavy atom. The molecule has 23 heavy (non-hydrogen) atoms. The molecule has 2 nitrogen and oxygen atoms in total. The molecule has 2 aliphatic rings. The minimum absolute atomic E-state index is 0.357. The third-order valence-corrected chi connectivity index (χ3v) is 6.00. The Labute approximate surface area is 140 Å². The van der Waals surface area contributed by atoms with E-state index in [9.17, 15) is 5.11 Å². The molecule has 0 radical (unpaired) electrons. The number of allylic oxidation sites excluding steroid dienone is 2. The van der Waals surface area contributed by atoms with E-state index in [2.05, 4.69) is 40.7 Å². The molecule has 0 aliphatic heterocycles. The molecule has 0 spiro atoms. The lowest BCUT2D eigenvalue weighted by molar-refractivity contribution is 0.312. The molecule has 2 heteroatoms. The monoisotopic (exact) mass is 314 g/mol. The van der Waals surface area contributed by atoms with Gasteiger partial charge in [-0.25, -0.2) is 0 Å². The molecule has 0 amide bonds. The molecule has 0 saturated heterocycles. The number of rotatable bonds is 2. The average molecular weight is 314 g/mol. The van der Waals surface area contributed by atoms with Crippen LogP contribution < -0.4 is 4.74 Å². The lowest BCUT2D eigenvalue weighted by Crippen LogP contribution is -2.28. The van der Waals surface area contributed by atoms with Crippen molar-refractivity contribution in [3.8, 4) is 11.5 Å². The van der Waals surface area contributed by atoms with Crippen LogP contribution in [0.2, 0.25) is 0 Å². The lowest BCUT2D eigenvalue weighted by atomic mass is 9.62. The molecule has 2 aliphatic carbocycles. The van der Waals surface area contributed by atoms with E-state index in [4.69, 9.17) is 4.74 Å². The number of methoxy groups -OCH3 is 1. The third-order valence-electron chi connectivity index (χ3n) is 6.00. The zero-order chi connectivity index (χ0) is 16.9. The van der Waals surface area contributed by atoms with Gasteiger partial charge < -0.3 is 9.84 Å². The quantitative estimate of drug-likeness (QED) is 0.701. The van der Waals surface area contributed by atoms with Crippen molar-refractivity contribution < 1.29 is 9.84 Å². The first-order valence-electron chi connectivity index (χ1n) is 8.95. The fourth-order valence-corrected chi connectivity index (χ4v) is 4.99. The van der Waals surface area contributed by atoms with E-state index in [-0.39, 0.29) is 0 Å². The topological polar surface area (TPSA) is 29.5 Å². The Morgan fingerprint density at radius 2 is 1.83 bits per heavy atom. The van der Waals surface area contributed by atoms with Crippen molar-refractivity contribution in [2.75, 3.05) is 7.11 Å². The summed E-state index contributed by atoms with van der Waals surface area (Å²) in [4.78, 5) is 0. The van der Waals surface area contributed by atoms with Gasteiger partial charge in [0.15, 0.2) is 11.5 Å². The van der Waals surface area contributed by atoms with Gasteiger partial charge in [0.1, 0.15) is 0 Å². The molecule has 1 aromatic carbocycles. The van der Waals surface area contributed by atoms with Crippen LogP contribution in [0.5, 0.6) is 11.5 Å². The molecule has 0 aromatic heterocycles. The number of benzene rings is 1. The van der Waals surface area contributed by atoms with E-state index in [1.54, 1.807) is 7.11 Å². The minimum atomic E-state index is 0.357. The smallest absolute Gasteiger partial charge is 0.164 e. The van der Waals surface area contributed by atoms with Crippen molar-refractivity contribution in [3.63, 3.8) is 0 Å². The molecule has 0 heterocycles. The Hall–Kier alpha value is -1.44. The zero-order valence-electron chi connectivity index (χ0n) is 15.4. The third kappa shape index (κ3) is 2.47. The van der Waals surface area contributed by atoms with Crippen LogP contribution in [0, 0.1) is 12.8 Å². The van der Waals surface area contributed by atoms with E-state index in [0.29, 0.717) is 29.4 Å². The fourth-order valence-electron chi connectivity index (χ4n) is 4.99.